The van der Waals surface area contributed by atoms with E-state index in [0.717, 1.165) is 28.1 Å². The summed E-state index contributed by atoms with van der Waals surface area (Å²) >= 11 is 0. The minimum Gasteiger partial charge on any atom is -0.351 e. The van der Waals surface area contributed by atoms with Crippen LogP contribution in [0.5, 0.6) is 0 Å². The molecule has 6 nitrogen and oxygen atoms in total. The molecule has 3 aromatic rings. The third kappa shape index (κ3) is 4.96. The normalized spacial score (nSPS) is 11.5. The maximum absolute atomic E-state index is 13.4. The number of carbonyl (C=O) groups excluding carboxylic acids is 1. The number of amides is 2. The molecule has 2 amide bonds. The summed E-state index contributed by atoms with van der Waals surface area (Å²) in [7, 11) is -3.37. The Morgan fingerprint density at radius 3 is 2.42 bits per heavy atom. The number of nitrogens with zero attached hydrogens (tertiary/aromatic N) is 2. The van der Waals surface area contributed by atoms with Crippen LogP contribution in [0.2, 0.25) is 0 Å². The minimum absolute atomic E-state index is 0.232. The van der Waals surface area contributed by atoms with Crippen molar-refractivity contribution in [2.75, 3.05) is 19.3 Å². The predicted octanol–water partition coefficient (Wildman–Crippen LogP) is 3.94. The number of hydrogen-bond donors (Lipinski definition) is 1. The van der Waals surface area contributed by atoms with Crippen LogP contribution in [0, 0.1) is 12.7 Å². The molecule has 0 bridgehead atoms. The molecule has 31 heavy (non-hydrogen) atoms. The van der Waals surface area contributed by atoms with Gasteiger partial charge >= 0.3 is 6.03 Å². The predicted molar refractivity (Wildman–Crippen MR) is 120 cm³/mol. The monoisotopic (exact) mass is 443 g/mol. The summed E-state index contributed by atoms with van der Waals surface area (Å²) in [6, 6.07) is 12.4. The van der Waals surface area contributed by atoms with Crippen molar-refractivity contribution in [3.05, 3.63) is 71.8 Å². The summed E-state index contributed by atoms with van der Waals surface area (Å²) in [4.78, 5) is 13.4. The van der Waals surface area contributed by atoms with Gasteiger partial charge in [-0.1, -0.05) is 12.1 Å². The number of halogens is 1. The second kappa shape index (κ2) is 8.93. The van der Waals surface area contributed by atoms with E-state index in [1.165, 1.54) is 18.4 Å². The Morgan fingerprint density at radius 1 is 1.16 bits per heavy atom. The van der Waals surface area contributed by atoms with Crippen molar-refractivity contribution in [2.24, 2.45) is 5.73 Å². The van der Waals surface area contributed by atoms with Crippen LogP contribution < -0.4 is 5.73 Å². The highest BCUT2D eigenvalue weighted by atomic mass is 32.2. The lowest BCUT2D eigenvalue weighted by molar-refractivity contribution is 0.211. The number of urea groups is 1. The zero-order valence-electron chi connectivity index (χ0n) is 17.8. The fourth-order valence-electron chi connectivity index (χ4n) is 3.64. The third-order valence-electron chi connectivity index (χ3n) is 5.38. The van der Waals surface area contributed by atoms with Gasteiger partial charge in [-0.15, -0.1) is 0 Å². The number of aromatic nitrogens is 1. The molecule has 0 aliphatic heterocycles. The highest BCUT2D eigenvalue weighted by Gasteiger charge is 2.18. The maximum atomic E-state index is 13.4. The molecule has 1 aromatic heterocycles. The van der Waals surface area contributed by atoms with Gasteiger partial charge in [0.1, 0.15) is 5.82 Å². The van der Waals surface area contributed by atoms with E-state index >= 15 is 0 Å². The molecule has 0 atom stereocenters. The lowest BCUT2D eigenvalue weighted by atomic mass is 10.0. The van der Waals surface area contributed by atoms with Gasteiger partial charge in [-0.25, -0.2) is 17.6 Å². The van der Waals surface area contributed by atoms with Gasteiger partial charge in [0.2, 0.25) is 0 Å². The molecule has 0 radical (unpaired) electrons. The van der Waals surface area contributed by atoms with Crippen molar-refractivity contribution >= 4 is 15.9 Å². The molecule has 164 valence electrons. The van der Waals surface area contributed by atoms with Crippen LogP contribution >= 0.6 is 0 Å². The zero-order chi connectivity index (χ0) is 22.8. The highest BCUT2D eigenvalue weighted by molar-refractivity contribution is 7.90. The lowest BCUT2D eigenvalue weighted by Gasteiger charge is -2.18. The Labute approximate surface area is 182 Å². The van der Waals surface area contributed by atoms with Gasteiger partial charge in [0, 0.05) is 42.5 Å². The van der Waals surface area contributed by atoms with Crippen molar-refractivity contribution in [3.63, 3.8) is 0 Å². The molecule has 0 aliphatic carbocycles. The summed E-state index contributed by atoms with van der Waals surface area (Å²) in [6.45, 7) is 4.73. The average Bonchev–Trinajstić information content (AvgIpc) is 3.05. The van der Waals surface area contributed by atoms with Crippen LogP contribution in [-0.4, -0.2) is 43.3 Å². The summed E-state index contributed by atoms with van der Waals surface area (Å²) in [5.74, 6) is -0.324. The van der Waals surface area contributed by atoms with E-state index in [1.54, 1.807) is 35.2 Å². The Kier molecular flexibility index (Phi) is 6.50. The van der Waals surface area contributed by atoms with E-state index in [9.17, 15) is 17.6 Å². The van der Waals surface area contributed by atoms with Gasteiger partial charge in [0.05, 0.1) is 4.90 Å². The van der Waals surface area contributed by atoms with Gasteiger partial charge in [0.15, 0.2) is 9.84 Å². The van der Waals surface area contributed by atoms with Crippen molar-refractivity contribution in [2.45, 2.75) is 25.2 Å². The SMILES string of the molecule is CCN(CCc1c(-c2cccc(S(C)(=O)=O)c2)cn(-c2ccc(F)cc2)c1C)C(N)=O. The lowest BCUT2D eigenvalue weighted by Crippen LogP contribution is -2.37. The smallest absolute Gasteiger partial charge is 0.314 e. The van der Waals surface area contributed by atoms with Crippen molar-refractivity contribution < 1.29 is 17.6 Å². The van der Waals surface area contributed by atoms with Crippen molar-refractivity contribution in [3.8, 4) is 16.8 Å². The van der Waals surface area contributed by atoms with E-state index < -0.39 is 15.9 Å². The molecule has 3 rings (SSSR count). The topological polar surface area (TPSA) is 85.4 Å². The van der Waals surface area contributed by atoms with Crippen LogP contribution in [0.3, 0.4) is 0 Å². The Morgan fingerprint density at radius 2 is 1.84 bits per heavy atom. The van der Waals surface area contributed by atoms with E-state index in [0.29, 0.717) is 19.5 Å². The highest BCUT2D eigenvalue weighted by Crippen LogP contribution is 2.32. The van der Waals surface area contributed by atoms with Crippen LogP contribution in [-0.2, 0) is 16.3 Å². The number of carbonyl (C=O) groups is 1. The molecular formula is C23H26FN3O3S. The first-order chi connectivity index (χ1) is 14.6. The first kappa shape index (κ1) is 22.6. The van der Waals surface area contributed by atoms with Crippen LogP contribution in [0.1, 0.15) is 18.2 Å². The van der Waals surface area contributed by atoms with E-state index in [-0.39, 0.29) is 10.7 Å². The third-order valence-corrected chi connectivity index (χ3v) is 6.49. The van der Waals surface area contributed by atoms with Crippen molar-refractivity contribution in [1.82, 2.24) is 9.47 Å². The Balaban J connectivity index is 2.13. The first-order valence-electron chi connectivity index (χ1n) is 9.93. The summed E-state index contributed by atoms with van der Waals surface area (Å²) in [6.07, 6.45) is 3.63. The van der Waals surface area contributed by atoms with Crippen LogP contribution in [0.15, 0.2) is 59.6 Å². The minimum atomic E-state index is -3.37. The molecule has 0 unspecified atom stereocenters. The number of nitrogens with two attached hydrogens (primary N) is 1. The quantitative estimate of drug-likeness (QED) is 0.600. The molecule has 1 heterocycles. The van der Waals surface area contributed by atoms with Crippen LogP contribution in [0.25, 0.3) is 16.8 Å². The fourth-order valence-corrected chi connectivity index (χ4v) is 4.31. The molecule has 0 fully saturated rings. The molecule has 0 saturated heterocycles. The summed E-state index contributed by atoms with van der Waals surface area (Å²) in [5, 5.41) is 0. The standard InChI is InChI=1S/C23H26FN3O3S/c1-4-26(23(25)28)13-12-21-16(2)27(19-10-8-18(24)9-11-19)15-22(21)17-6-5-7-20(14-17)31(3,29)30/h5-11,14-15H,4,12-13H2,1-3H3,(H2,25,28). The average molecular weight is 444 g/mol. The van der Waals surface area contributed by atoms with Gasteiger partial charge < -0.3 is 15.2 Å². The molecule has 8 heteroatoms. The number of primary amides is 1. The Hall–Kier alpha value is -3.13. The zero-order valence-corrected chi connectivity index (χ0v) is 18.6. The second-order valence-electron chi connectivity index (χ2n) is 7.42. The number of benzene rings is 2. The van der Waals surface area contributed by atoms with E-state index in [1.807, 2.05) is 30.7 Å². The number of sulfone groups is 1. The maximum Gasteiger partial charge on any atom is 0.314 e. The summed E-state index contributed by atoms with van der Waals surface area (Å²) < 4.78 is 39.5. The molecule has 2 aromatic carbocycles. The van der Waals surface area contributed by atoms with Gasteiger partial charge in [0.25, 0.3) is 0 Å². The van der Waals surface area contributed by atoms with Gasteiger partial charge in [-0.2, -0.15) is 0 Å². The van der Waals surface area contributed by atoms with Crippen LogP contribution in [0.4, 0.5) is 9.18 Å². The molecule has 0 saturated carbocycles. The van der Waals surface area contributed by atoms with Gasteiger partial charge in [-0.05, 0) is 67.8 Å². The largest absolute Gasteiger partial charge is 0.351 e. The number of hydrogen-bond acceptors (Lipinski definition) is 3. The molecule has 2 N–H and O–H groups in total. The number of rotatable bonds is 7. The second-order valence-corrected chi connectivity index (χ2v) is 9.44. The van der Waals surface area contributed by atoms with Gasteiger partial charge in [-0.3, -0.25) is 0 Å². The fraction of sp³-hybridized carbons (Fsp3) is 0.261. The molecular weight excluding hydrogens is 417 g/mol. The summed E-state index contributed by atoms with van der Waals surface area (Å²) in [5.41, 5.74) is 9.74. The first-order valence-corrected chi connectivity index (χ1v) is 11.8. The molecule has 0 aliphatic rings. The van der Waals surface area contributed by atoms with E-state index in [4.69, 9.17) is 5.73 Å². The number of likely N-dealkylation sites (N-methyl/N-ethyl adjacent to an activating group) is 1. The van der Waals surface area contributed by atoms with E-state index in [2.05, 4.69) is 0 Å². The Bertz CT molecular complexity index is 1200. The molecule has 0 spiro atoms. The van der Waals surface area contributed by atoms with Crippen molar-refractivity contribution in [1.29, 1.82) is 0 Å².